The van der Waals surface area contributed by atoms with Gasteiger partial charge in [0.05, 0.1) is 18.3 Å². The summed E-state index contributed by atoms with van der Waals surface area (Å²) < 4.78 is 8.89. The second-order valence-corrected chi connectivity index (χ2v) is 6.39. The number of unbranched alkanes of at least 4 members (excludes halogenated alkanes) is 1. The van der Waals surface area contributed by atoms with Crippen LogP contribution in [0.5, 0.6) is 0 Å². The van der Waals surface area contributed by atoms with Gasteiger partial charge >= 0.3 is 5.69 Å². The Hall–Kier alpha value is -2.26. The van der Waals surface area contributed by atoms with Crippen molar-refractivity contribution in [1.29, 1.82) is 0 Å². The Morgan fingerprint density at radius 3 is 2.92 bits per heavy atom. The van der Waals surface area contributed by atoms with E-state index in [1.165, 1.54) is 10.8 Å². The Kier molecular flexibility index (Phi) is 5.14. The van der Waals surface area contributed by atoms with Crippen LogP contribution >= 0.6 is 0 Å². The highest BCUT2D eigenvalue weighted by atomic mass is 16.5. The Balaban J connectivity index is 1.83. The molecule has 0 aliphatic carbocycles. The fraction of sp³-hybridized carbons (Fsp3) is 0.625. The Bertz CT molecular complexity index is 840. The van der Waals surface area contributed by atoms with E-state index in [9.17, 15) is 14.7 Å². The van der Waals surface area contributed by atoms with Crippen molar-refractivity contribution in [3.05, 3.63) is 44.5 Å². The summed E-state index contributed by atoms with van der Waals surface area (Å²) in [6, 6.07) is -0.225. The second-order valence-electron chi connectivity index (χ2n) is 6.39. The molecule has 1 aliphatic rings. The molecule has 0 bridgehead atoms. The van der Waals surface area contributed by atoms with Crippen LogP contribution in [0.3, 0.4) is 0 Å². The molecule has 9 heteroatoms. The van der Waals surface area contributed by atoms with E-state index >= 15 is 0 Å². The largest absolute Gasteiger partial charge is 0.394 e. The minimum absolute atomic E-state index is 0.192. The Morgan fingerprint density at radius 2 is 2.20 bits per heavy atom. The van der Waals surface area contributed by atoms with Gasteiger partial charge in [0, 0.05) is 24.4 Å². The van der Waals surface area contributed by atoms with Crippen molar-refractivity contribution in [1.82, 2.24) is 24.5 Å². The zero-order valence-corrected chi connectivity index (χ0v) is 14.4. The van der Waals surface area contributed by atoms with Gasteiger partial charge in [0.25, 0.3) is 5.56 Å². The average Bonchev–Trinajstić information content (AvgIpc) is 3.22. The third-order valence-electron chi connectivity index (χ3n) is 4.52. The van der Waals surface area contributed by atoms with Crippen molar-refractivity contribution in [3.63, 3.8) is 0 Å². The summed E-state index contributed by atoms with van der Waals surface area (Å²) in [5.41, 5.74) is 0.389. The van der Waals surface area contributed by atoms with Gasteiger partial charge in [-0.1, -0.05) is 18.6 Å². The van der Waals surface area contributed by atoms with Crippen molar-refractivity contribution in [2.24, 2.45) is 0 Å². The van der Waals surface area contributed by atoms with Crippen LogP contribution in [0.2, 0.25) is 0 Å². The number of aliphatic hydroxyl groups is 1. The summed E-state index contributed by atoms with van der Waals surface area (Å²) in [5, 5.41) is 18.0. The highest BCUT2D eigenvalue weighted by Gasteiger charge is 2.38. The predicted octanol–water partition coefficient (Wildman–Crippen LogP) is 0.300. The fourth-order valence-electron chi connectivity index (χ4n) is 3.08. The molecule has 0 spiro atoms. The van der Waals surface area contributed by atoms with E-state index in [-0.39, 0.29) is 12.6 Å². The van der Waals surface area contributed by atoms with E-state index in [0.717, 1.165) is 25.0 Å². The normalized spacial score (nSPS) is 23.2. The maximum atomic E-state index is 12.1. The summed E-state index contributed by atoms with van der Waals surface area (Å²) in [5.74, 6) is 0. The molecule has 0 saturated carbocycles. The lowest BCUT2D eigenvalue weighted by Gasteiger charge is -2.15. The SMILES string of the molecule is CCCCc1cn(C2C[C@H](n3cc(C)c(=O)[nH]c3=O)O[C@@H]2CO)nn1. The molecule has 1 saturated heterocycles. The van der Waals surface area contributed by atoms with Crippen LogP contribution in [0, 0.1) is 6.92 Å². The van der Waals surface area contributed by atoms with E-state index in [2.05, 4.69) is 22.2 Å². The van der Waals surface area contributed by atoms with Crippen molar-refractivity contribution >= 4 is 0 Å². The van der Waals surface area contributed by atoms with E-state index in [0.29, 0.717) is 12.0 Å². The molecule has 9 nitrogen and oxygen atoms in total. The fourth-order valence-corrected chi connectivity index (χ4v) is 3.08. The summed E-state index contributed by atoms with van der Waals surface area (Å²) in [4.78, 5) is 25.9. The highest BCUT2D eigenvalue weighted by molar-refractivity contribution is 5.02. The summed E-state index contributed by atoms with van der Waals surface area (Å²) in [6.45, 7) is 3.55. The molecule has 3 heterocycles. The summed E-state index contributed by atoms with van der Waals surface area (Å²) in [6.07, 6.45) is 5.71. The molecule has 3 rings (SSSR count). The third-order valence-corrected chi connectivity index (χ3v) is 4.52. The van der Waals surface area contributed by atoms with Crippen molar-refractivity contribution in [2.75, 3.05) is 6.61 Å². The molecule has 136 valence electrons. The van der Waals surface area contributed by atoms with Crippen molar-refractivity contribution in [2.45, 2.75) is 57.9 Å². The maximum absolute atomic E-state index is 12.1. The van der Waals surface area contributed by atoms with E-state index in [1.54, 1.807) is 11.6 Å². The number of aromatic nitrogens is 5. The van der Waals surface area contributed by atoms with Crippen molar-refractivity contribution < 1.29 is 9.84 Å². The molecule has 1 aliphatic heterocycles. The number of nitrogens with one attached hydrogen (secondary N) is 1. The van der Waals surface area contributed by atoms with Gasteiger partial charge in [0.1, 0.15) is 12.3 Å². The van der Waals surface area contributed by atoms with Crippen molar-refractivity contribution in [3.8, 4) is 0 Å². The average molecular weight is 349 g/mol. The number of rotatable bonds is 6. The molecule has 3 atom stereocenters. The van der Waals surface area contributed by atoms with E-state index < -0.39 is 23.6 Å². The Labute approximate surface area is 144 Å². The molecule has 2 aromatic rings. The zero-order valence-electron chi connectivity index (χ0n) is 14.4. The number of ether oxygens (including phenoxy) is 1. The lowest BCUT2D eigenvalue weighted by molar-refractivity contribution is -0.0323. The van der Waals surface area contributed by atoms with Crippen LogP contribution in [-0.4, -0.2) is 42.4 Å². The number of hydrogen-bond acceptors (Lipinski definition) is 6. The second kappa shape index (κ2) is 7.32. The molecule has 1 fully saturated rings. The quantitative estimate of drug-likeness (QED) is 0.775. The van der Waals surface area contributed by atoms with Crippen LogP contribution in [0.4, 0.5) is 0 Å². The summed E-state index contributed by atoms with van der Waals surface area (Å²) in [7, 11) is 0. The molecule has 0 aromatic carbocycles. The van der Waals surface area contributed by atoms with Gasteiger partial charge in [-0.25, -0.2) is 9.48 Å². The van der Waals surface area contributed by atoms with Gasteiger partial charge < -0.3 is 9.84 Å². The van der Waals surface area contributed by atoms with Crippen LogP contribution < -0.4 is 11.2 Å². The first kappa shape index (κ1) is 17.6. The minimum Gasteiger partial charge on any atom is -0.394 e. The first-order valence-electron chi connectivity index (χ1n) is 8.52. The van der Waals surface area contributed by atoms with E-state index in [4.69, 9.17) is 4.74 Å². The third kappa shape index (κ3) is 3.57. The Morgan fingerprint density at radius 1 is 1.40 bits per heavy atom. The topological polar surface area (TPSA) is 115 Å². The van der Waals surface area contributed by atoms with Crippen LogP contribution in [0.1, 0.15) is 49.7 Å². The number of aromatic amines is 1. The number of hydrogen-bond donors (Lipinski definition) is 2. The maximum Gasteiger partial charge on any atom is 0.330 e. The molecule has 25 heavy (non-hydrogen) atoms. The first-order valence-corrected chi connectivity index (χ1v) is 8.52. The lowest BCUT2D eigenvalue weighted by atomic mass is 10.1. The zero-order chi connectivity index (χ0) is 18.0. The van der Waals surface area contributed by atoms with Crippen LogP contribution in [-0.2, 0) is 11.2 Å². The molecule has 1 unspecified atom stereocenters. The first-order chi connectivity index (χ1) is 12.0. The number of aliphatic hydroxyl groups excluding tert-OH is 1. The van der Waals surface area contributed by atoms with E-state index in [1.807, 2.05) is 6.20 Å². The van der Waals surface area contributed by atoms with Gasteiger partial charge in [-0.3, -0.25) is 14.3 Å². The smallest absolute Gasteiger partial charge is 0.330 e. The lowest BCUT2D eigenvalue weighted by Crippen LogP contribution is -2.33. The van der Waals surface area contributed by atoms with Crippen LogP contribution in [0.25, 0.3) is 0 Å². The molecule has 2 aromatic heterocycles. The summed E-state index contributed by atoms with van der Waals surface area (Å²) >= 11 is 0. The molecule has 0 radical (unpaired) electrons. The number of H-pyrrole nitrogens is 1. The standard InChI is InChI=1S/C16H23N5O4/c1-3-4-5-11-8-21(19-18-11)12-6-14(25-13(12)9-22)20-7-10(2)15(23)17-16(20)24/h7-8,12-14,22H,3-6,9H2,1-2H3,(H,17,23,24)/t12?,13-,14-/m1/s1. The number of nitrogens with zero attached hydrogens (tertiary/aromatic N) is 4. The van der Waals surface area contributed by atoms with Gasteiger partial charge in [-0.05, 0) is 19.8 Å². The molecule has 2 N–H and O–H groups in total. The monoisotopic (exact) mass is 349 g/mol. The van der Waals surface area contributed by atoms with Crippen LogP contribution in [0.15, 0.2) is 22.0 Å². The predicted molar refractivity (Wildman–Crippen MR) is 89.3 cm³/mol. The minimum atomic E-state index is -0.575. The van der Waals surface area contributed by atoms with Gasteiger partial charge in [0.2, 0.25) is 0 Å². The van der Waals surface area contributed by atoms with Gasteiger partial charge in [-0.15, -0.1) is 5.10 Å². The van der Waals surface area contributed by atoms with Gasteiger partial charge in [-0.2, -0.15) is 0 Å². The molecular formula is C16H23N5O4. The van der Waals surface area contributed by atoms with Gasteiger partial charge in [0.15, 0.2) is 0 Å². The highest BCUT2D eigenvalue weighted by Crippen LogP contribution is 2.35. The molecular weight excluding hydrogens is 326 g/mol. The molecule has 0 amide bonds. The number of aryl methyl sites for hydroxylation is 2.